The van der Waals surface area contributed by atoms with Crippen LogP contribution < -0.4 is 0 Å². The zero-order chi connectivity index (χ0) is 12.6. The molecule has 1 fully saturated rings. The molecule has 0 bridgehead atoms. The Bertz CT molecular complexity index is 356. The fourth-order valence-electron chi connectivity index (χ4n) is 3.68. The Kier molecular flexibility index (Phi) is 3.58. The second kappa shape index (κ2) is 4.68. The molecule has 0 radical (unpaired) electrons. The SMILES string of the molecule is C=CC1=CC=CC2C(C)CC(CS(C)(C)C)C12. The Labute approximate surface area is 108 Å². The number of hydrogen-bond donors (Lipinski definition) is 0. The van der Waals surface area contributed by atoms with Gasteiger partial charge in [-0.05, 0) is 60.2 Å². The third-order valence-corrected chi connectivity index (χ3v) is 5.64. The van der Waals surface area contributed by atoms with Gasteiger partial charge in [-0.3, -0.25) is 0 Å². The van der Waals surface area contributed by atoms with Crippen LogP contribution in [0.3, 0.4) is 0 Å². The summed E-state index contributed by atoms with van der Waals surface area (Å²) in [6, 6.07) is 0. The van der Waals surface area contributed by atoms with Crippen LogP contribution in [0.5, 0.6) is 0 Å². The summed E-state index contributed by atoms with van der Waals surface area (Å²) in [5.74, 6) is 4.64. The van der Waals surface area contributed by atoms with E-state index in [0.29, 0.717) is 0 Å². The molecule has 17 heavy (non-hydrogen) atoms. The van der Waals surface area contributed by atoms with Crippen molar-refractivity contribution in [3.05, 3.63) is 36.5 Å². The molecule has 0 nitrogen and oxygen atoms in total. The first-order valence-corrected chi connectivity index (χ1v) is 9.62. The quantitative estimate of drug-likeness (QED) is 0.702. The second-order valence-electron chi connectivity index (χ2n) is 6.59. The van der Waals surface area contributed by atoms with Crippen LogP contribution in [0, 0.1) is 23.7 Å². The van der Waals surface area contributed by atoms with Crippen molar-refractivity contribution in [3.63, 3.8) is 0 Å². The van der Waals surface area contributed by atoms with Gasteiger partial charge < -0.3 is 0 Å². The third-order valence-electron chi connectivity index (χ3n) is 4.21. The van der Waals surface area contributed by atoms with Gasteiger partial charge in [0.1, 0.15) is 0 Å². The number of rotatable bonds is 3. The second-order valence-corrected chi connectivity index (χ2v) is 11.1. The molecule has 0 spiro atoms. The van der Waals surface area contributed by atoms with Crippen molar-refractivity contribution >= 4 is 10.0 Å². The van der Waals surface area contributed by atoms with E-state index in [0.717, 1.165) is 23.7 Å². The maximum atomic E-state index is 4.01. The molecule has 96 valence electrons. The van der Waals surface area contributed by atoms with Crippen LogP contribution in [0.25, 0.3) is 0 Å². The summed E-state index contributed by atoms with van der Waals surface area (Å²) in [7, 11) is -0.399. The highest BCUT2D eigenvalue weighted by Crippen LogP contribution is 2.52. The topological polar surface area (TPSA) is 0 Å². The van der Waals surface area contributed by atoms with Crippen molar-refractivity contribution < 1.29 is 0 Å². The van der Waals surface area contributed by atoms with E-state index in [2.05, 4.69) is 56.6 Å². The first-order chi connectivity index (χ1) is 7.92. The van der Waals surface area contributed by atoms with Crippen LogP contribution in [0.1, 0.15) is 13.3 Å². The molecule has 2 aliphatic rings. The molecule has 0 aromatic heterocycles. The van der Waals surface area contributed by atoms with Crippen LogP contribution >= 0.6 is 10.0 Å². The molecule has 0 saturated heterocycles. The van der Waals surface area contributed by atoms with Crippen molar-refractivity contribution in [2.75, 3.05) is 24.5 Å². The van der Waals surface area contributed by atoms with E-state index in [9.17, 15) is 0 Å². The van der Waals surface area contributed by atoms with E-state index in [1.54, 1.807) is 0 Å². The molecule has 0 N–H and O–H groups in total. The Morgan fingerprint density at radius 3 is 2.71 bits per heavy atom. The van der Waals surface area contributed by atoms with Crippen LogP contribution in [-0.2, 0) is 0 Å². The molecule has 4 atom stereocenters. The average Bonchev–Trinajstić information content (AvgIpc) is 2.53. The highest BCUT2D eigenvalue weighted by atomic mass is 32.3. The Balaban J connectivity index is 2.22. The van der Waals surface area contributed by atoms with Crippen molar-refractivity contribution in [2.24, 2.45) is 23.7 Å². The maximum Gasteiger partial charge on any atom is -0.00608 e. The fourth-order valence-corrected chi connectivity index (χ4v) is 5.31. The maximum absolute atomic E-state index is 4.01. The smallest absolute Gasteiger partial charge is 0.00608 e. The number of allylic oxidation sites excluding steroid dienone is 5. The summed E-state index contributed by atoms with van der Waals surface area (Å²) in [5.41, 5.74) is 1.48. The minimum atomic E-state index is -0.399. The van der Waals surface area contributed by atoms with Crippen LogP contribution in [-0.4, -0.2) is 24.5 Å². The minimum absolute atomic E-state index is 0.399. The van der Waals surface area contributed by atoms with Gasteiger partial charge in [0.2, 0.25) is 0 Å². The molecule has 0 amide bonds. The van der Waals surface area contributed by atoms with Crippen LogP contribution in [0.4, 0.5) is 0 Å². The highest BCUT2D eigenvalue weighted by molar-refractivity contribution is 8.32. The first kappa shape index (κ1) is 13.0. The Morgan fingerprint density at radius 1 is 1.41 bits per heavy atom. The lowest BCUT2D eigenvalue weighted by Crippen LogP contribution is -2.22. The Morgan fingerprint density at radius 2 is 2.12 bits per heavy atom. The van der Waals surface area contributed by atoms with Gasteiger partial charge in [-0.1, -0.05) is 37.8 Å². The molecule has 0 aliphatic heterocycles. The summed E-state index contributed by atoms with van der Waals surface area (Å²) in [4.78, 5) is 0. The van der Waals surface area contributed by atoms with Crippen molar-refractivity contribution in [3.8, 4) is 0 Å². The van der Waals surface area contributed by atoms with Gasteiger partial charge in [0, 0.05) is 0 Å². The van der Waals surface area contributed by atoms with E-state index in [1.165, 1.54) is 17.7 Å². The molecule has 0 aromatic rings. The molecule has 1 heteroatoms. The summed E-state index contributed by atoms with van der Waals surface area (Å²) in [6.07, 6.45) is 17.8. The van der Waals surface area contributed by atoms with E-state index < -0.39 is 10.0 Å². The summed E-state index contributed by atoms with van der Waals surface area (Å²) >= 11 is 0. The van der Waals surface area contributed by atoms with Gasteiger partial charge in [-0.15, -0.1) is 0 Å². The summed E-state index contributed by atoms with van der Waals surface area (Å²) < 4.78 is 0. The van der Waals surface area contributed by atoms with E-state index >= 15 is 0 Å². The average molecular weight is 250 g/mol. The predicted octanol–water partition coefficient (Wildman–Crippen LogP) is 4.25. The monoisotopic (exact) mass is 250 g/mol. The van der Waals surface area contributed by atoms with Crippen molar-refractivity contribution in [1.82, 2.24) is 0 Å². The standard InChI is InChI=1S/C16H26S/c1-6-13-8-7-9-15-12(2)10-14(16(13)15)11-17(3,4)5/h6-9,12,14-16H,1,10-11H2,2-5H3. The molecule has 0 heterocycles. The molecule has 2 aliphatic carbocycles. The number of fused-ring (bicyclic) bond motifs is 1. The molecule has 4 unspecified atom stereocenters. The third kappa shape index (κ3) is 2.70. The van der Waals surface area contributed by atoms with Gasteiger partial charge in [-0.25, -0.2) is 10.0 Å². The Hall–Kier alpha value is -0.430. The largest absolute Gasteiger partial charge is 0.249 e. The molecule has 1 saturated carbocycles. The van der Waals surface area contributed by atoms with Crippen molar-refractivity contribution in [2.45, 2.75) is 13.3 Å². The minimum Gasteiger partial charge on any atom is -0.249 e. The zero-order valence-electron chi connectivity index (χ0n) is 11.6. The van der Waals surface area contributed by atoms with E-state index in [4.69, 9.17) is 0 Å². The van der Waals surface area contributed by atoms with Crippen LogP contribution in [0.15, 0.2) is 36.5 Å². The molecular weight excluding hydrogens is 224 g/mol. The lowest BCUT2D eigenvalue weighted by atomic mass is 9.79. The number of hydrogen-bond acceptors (Lipinski definition) is 0. The zero-order valence-corrected chi connectivity index (χ0v) is 12.5. The van der Waals surface area contributed by atoms with Crippen LogP contribution in [0.2, 0.25) is 0 Å². The normalized spacial score (nSPS) is 37.5. The van der Waals surface area contributed by atoms with Crippen molar-refractivity contribution in [1.29, 1.82) is 0 Å². The predicted molar refractivity (Wildman–Crippen MR) is 81.9 cm³/mol. The molecule has 0 aromatic carbocycles. The van der Waals surface area contributed by atoms with Gasteiger partial charge in [0.15, 0.2) is 0 Å². The summed E-state index contributed by atoms with van der Waals surface area (Å²) in [6.45, 7) is 6.43. The van der Waals surface area contributed by atoms with E-state index in [1.807, 2.05) is 0 Å². The molecular formula is C16H26S. The fraction of sp³-hybridized carbons (Fsp3) is 0.625. The van der Waals surface area contributed by atoms with Gasteiger partial charge >= 0.3 is 0 Å². The lowest BCUT2D eigenvalue weighted by molar-refractivity contribution is 0.415. The van der Waals surface area contributed by atoms with Gasteiger partial charge in [-0.2, -0.15) is 0 Å². The van der Waals surface area contributed by atoms with E-state index in [-0.39, 0.29) is 0 Å². The first-order valence-electron chi connectivity index (χ1n) is 6.59. The lowest BCUT2D eigenvalue weighted by Gasteiger charge is -2.34. The summed E-state index contributed by atoms with van der Waals surface area (Å²) in [5, 5.41) is 0. The van der Waals surface area contributed by atoms with Gasteiger partial charge in [0.25, 0.3) is 0 Å². The van der Waals surface area contributed by atoms with Gasteiger partial charge in [0.05, 0.1) is 0 Å². The highest BCUT2D eigenvalue weighted by Gasteiger charge is 2.42. The molecule has 2 rings (SSSR count).